The third-order valence-electron chi connectivity index (χ3n) is 0. The Morgan fingerprint density at radius 2 is 0.600 bits per heavy atom. The van der Waals surface area contributed by atoms with Crippen LogP contribution in [0.4, 0.5) is 0 Å². The Balaban J connectivity index is 0. The van der Waals surface area contributed by atoms with Crippen molar-refractivity contribution < 1.29 is 19.5 Å². The van der Waals surface area contributed by atoms with Gasteiger partial charge in [-0.2, -0.15) is 0 Å². The van der Waals surface area contributed by atoms with Gasteiger partial charge in [-0.25, -0.2) is 0 Å². The standard InChI is InChI=1S/2Al.2Ca.Zn. The van der Waals surface area contributed by atoms with Crippen LogP contribution in [0.1, 0.15) is 0 Å². The SMILES string of the molecule is [Al].[Al].[Ca].[Ca].[Zn]. The first-order chi connectivity index (χ1) is 0. The number of hydrogen-bond acceptors (Lipinski definition) is 0. The summed E-state index contributed by atoms with van der Waals surface area (Å²) in [5.41, 5.74) is 0. The summed E-state index contributed by atoms with van der Waals surface area (Å²) in [6, 6.07) is 0. The van der Waals surface area contributed by atoms with E-state index >= 15 is 0 Å². The fourth-order valence-electron chi connectivity index (χ4n) is 0. The molecule has 0 nitrogen and oxygen atoms in total. The van der Waals surface area contributed by atoms with E-state index in [9.17, 15) is 0 Å². The fraction of sp³-hybridized carbons (Fsp3) is 0. The molecule has 0 N–H and O–H groups in total. The summed E-state index contributed by atoms with van der Waals surface area (Å²) < 4.78 is 0. The minimum absolute atomic E-state index is 0. The quantitative estimate of drug-likeness (QED) is 0.416. The predicted molar refractivity (Wildman–Crippen MR) is 23.0 cm³/mol. The van der Waals surface area contributed by atoms with Crippen molar-refractivity contribution >= 4 is 110 Å². The van der Waals surface area contributed by atoms with Crippen molar-refractivity contribution in [2.24, 2.45) is 0 Å². The van der Waals surface area contributed by atoms with Crippen LogP contribution in [0, 0.1) is 0 Å². The Labute approximate surface area is 126 Å². The molecule has 12 valence electrons. The molecule has 0 aliphatic rings. The van der Waals surface area contributed by atoms with E-state index < -0.39 is 0 Å². The van der Waals surface area contributed by atoms with Gasteiger partial charge in [-0.1, -0.05) is 0 Å². The van der Waals surface area contributed by atoms with Crippen LogP contribution in [0.5, 0.6) is 0 Å². The third-order valence-corrected chi connectivity index (χ3v) is 0. The molecule has 0 aromatic rings. The molecule has 0 atom stereocenters. The van der Waals surface area contributed by atoms with Gasteiger partial charge in [-0.3, -0.25) is 0 Å². The maximum absolute atomic E-state index is 0. The van der Waals surface area contributed by atoms with E-state index in [-0.39, 0.29) is 130 Å². The van der Waals surface area contributed by atoms with Crippen LogP contribution >= 0.6 is 0 Å². The molecule has 0 spiro atoms. The normalized spacial score (nSPS) is 0. The minimum Gasteiger partial charge on any atom is 0 e. The molecule has 0 fully saturated rings. The molecule has 0 rings (SSSR count). The largest absolute Gasteiger partial charge is 0 e. The molecule has 0 unspecified atom stereocenters. The van der Waals surface area contributed by atoms with Crippen molar-refractivity contribution in [2.75, 3.05) is 0 Å². The van der Waals surface area contributed by atoms with Crippen LogP contribution in [0.15, 0.2) is 0 Å². The van der Waals surface area contributed by atoms with Gasteiger partial charge in [0, 0.05) is 130 Å². The van der Waals surface area contributed by atoms with Gasteiger partial charge >= 0.3 is 0 Å². The zero-order valence-corrected chi connectivity index (χ0v) is 13.0. The van der Waals surface area contributed by atoms with Gasteiger partial charge in [-0.15, -0.1) is 0 Å². The summed E-state index contributed by atoms with van der Waals surface area (Å²) >= 11 is 0. The van der Waals surface area contributed by atoms with Crippen molar-refractivity contribution in [3.05, 3.63) is 0 Å². The summed E-state index contributed by atoms with van der Waals surface area (Å²) in [5.74, 6) is 0. The first-order valence-electron chi connectivity index (χ1n) is 0. The summed E-state index contributed by atoms with van der Waals surface area (Å²) in [7, 11) is 0. The van der Waals surface area contributed by atoms with Crippen LogP contribution in [-0.4, -0.2) is 110 Å². The van der Waals surface area contributed by atoms with Gasteiger partial charge in [0.25, 0.3) is 0 Å². The average Bonchev–Trinajstić information content (AvgIpc) is 0. The van der Waals surface area contributed by atoms with Gasteiger partial charge in [0.1, 0.15) is 0 Å². The predicted octanol–water partition coefficient (Wildman–Crippen LogP) is -1.53. The molecule has 0 saturated carbocycles. The van der Waals surface area contributed by atoms with E-state index in [1.807, 2.05) is 0 Å². The van der Waals surface area contributed by atoms with Crippen LogP contribution in [0.2, 0.25) is 0 Å². The van der Waals surface area contributed by atoms with E-state index in [0.717, 1.165) is 0 Å². The number of rotatable bonds is 0. The topological polar surface area (TPSA) is 0 Å². The zero-order chi connectivity index (χ0) is 0. The minimum atomic E-state index is 0. The Morgan fingerprint density at radius 3 is 0.600 bits per heavy atom. The second-order valence-corrected chi connectivity index (χ2v) is 0. The molecule has 0 aliphatic carbocycles. The van der Waals surface area contributed by atoms with Crippen LogP contribution in [0.25, 0.3) is 0 Å². The second kappa shape index (κ2) is 24.1. The molecular weight excluding hydrogens is 200 g/mol. The van der Waals surface area contributed by atoms with Crippen molar-refractivity contribution in [2.45, 2.75) is 0 Å². The molecule has 5 heavy (non-hydrogen) atoms. The molecule has 10 radical (unpaired) electrons. The Morgan fingerprint density at radius 1 is 0.600 bits per heavy atom. The van der Waals surface area contributed by atoms with Gasteiger partial charge < -0.3 is 0 Å². The van der Waals surface area contributed by atoms with Crippen molar-refractivity contribution in [1.29, 1.82) is 0 Å². The van der Waals surface area contributed by atoms with Crippen molar-refractivity contribution in [1.82, 2.24) is 0 Å². The monoisotopic (exact) mass is 198 g/mol. The molecule has 0 bridgehead atoms. The molecule has 0 aliphatic heterocycles. The Hall–Kier alpha value is 4.21. The molecule has 0 saturated heterocycles. The summed E-state index contributed by atoms with van der Waals surface area (Å²) in [5, 5.41) is 0. The zero-order valence-electron chi connectivity index (χ0n) is 3.28. The molecule has 0 aromatic carbocycles. The average molecular weight is 200 g/mol. The van der Waals surface area contributed by atoms with Gasteiger partial charge in [-0.05, 0) is 0 Å². The molecule has 0 aromatic heterocycles. The van der Waals surface area contributed by atoms with Crippen LogP contribution in [0.3, 0.4) is 0 Å². The van der Waals surface area contributed by atoms with Gasteiger partial charge in [0.05, 0.1) is 0 Å². The van der Waals surface area contributed by atoms with Gasteiger partial charge in [0.15, 0.2) is 0 Å². The van der Waals surface area contributed by atoms with Crippen LogP contribution in [-0.2, 0) is 19.5 Å². The Bertz CT molecular complexity index is 7.61. The van der Waals surface area contributed by atoms with E-state index in [1.54, 1.807) is 0 Å². The summed E-state index contributed by atoms with van der Waals surface area (Å²) in [6.07, 6.45) is 0. The summed E-state index contributed by atoms with van der Waals surface area (Å²) in [4.78, 5) is 0. The number of hydrogen-bond donors (Lipinski definition) is 0. The van der Waals surface area contributed by atoms with Gasteiger partial charge in [0.2, 0.25) is 0 Å². The van der Waals surface area contributed by atoms with Crippen molar-refractivity contribution in [3.63, 3.8) is 0 Å². The molecule has 5 heteroatoms. The Kier molecular flexibility index (Phi) is 169. The summed E-state index contributed by atoms with van der Waals surface area (Å²) in [6.45, 7) is 0. The first kappa shape index (κ1) is 35.0. The molecular formula is Al2Ca2Zn. The smallest absolute Gasteiger partial charge is 0 e. The maximum Gasteiger partial charge on any atom is 0 e. The van der Waals surface area contributed by atoms with E-state index in [1.165, 1.54) is 0 Å². The van der Waals surface area contributed by atoms with Crippen LogP contribution < -0.4 is 0 Å². The van der Waals surface area contributed by atoms with E-state index in [4.69, 9.17) is 0 Å². The maximum atomic E-state index is 0. The molecule has 0 heterocycles. The van der Waals surface area contributed by atoms with Crippen molar-refractivity contribution in [3.8, 4) is 0 Å². The second-order valence-electron chi connectivity index (χ2n) is 0. The third kappa shape index (κ3) is 17.9. The molecule has 0 amide bonds. The van der Waals surface area contributed by atoms with E-state index in [0.29, 0.717) is 0 Å². The first-order valence-corrected chi connectivity index (χ1v) is 0. The van der Waals surface area contributed by atoms with E-state index in [2.05, 4.69) is 0 Å². The fourth-order valence-corrected chi connectivity index (χ4v) is 0.